The highest BCUT2D eigenvalue weighted by Gasteiger charge is 2.29. The summed E-state index contributed by atoms with van der Waals surface area (Å²) in [4.78, 5) is 17.3. The van der Waals surface area contributed by atoms with Gasteiger partial charge in [-0.2, -0.15) is 10.5 Å². The molecule has 2 N–H and O–H groups in total. The number of nitriles is 2. The summed E-state index contributed by atoms with van der Waals surface area (Å²) in [6.45, 7) is 0. The van der Waals surface area contributed by atoms with Crippen molar-refractivity contribution < 1.29 is 33.3 Å². The molecule has 39 heavy (non-hydrogen) atoms. The van der Waals surface area contributed by atoms with E-state index in [1.54, 1.807) is 42.5 Å². The molecule has 13 heteroatoms. The van der Waals surface area contributed by atoms with Crippen molar-refractivity contribution in [1.82, 2.24) is 10.3 Å². The molecule has 12 nitrogen and oxygen atoms in total. The largest absolute Gasteiger partial charge is 0.539 e. The molecular weight excluding hydrogens is 524 g/mol. The Morgan fingerprint density at radius 3 is 2.28 bits per heavy atom. The molecule has 0 radical (unpaired) electrons. The van der Waals surface area contributed by atoms with Crippen LogP contribution in [0.2, 0.25) is 0 Å². The molecule has 0 aliphatic carbocycles. The number of anilines is 1. The molecule has 0 amide bonds. The van der Waals surface area contributed by atoms with Gasteiger partial charge in [-0.15, -0.1) is 0 Å². The van der Waals surface area contributed by atoms with E-state index in [1.165, 1.54) is 21.3 Å². The number of nitrogen functional groups attached to an aromatic ring is 1. The summed E-state index contributed by atoms with van der Waals surface area (Å²) in [6.07, 6.45) is 0. The van der Waals surface area contributed by atoms with Crippen molar-refractivity contribution in [1.29, 1.82) is 10.5 Å². The summed E-state index contributed by atoms with van der Waals surface area (Å²) in [6, 6.07) is 15.7. The van der Waals surface area contributed by atoms with Gasteiger partial charge in [0.15, 0.2) is 17.4 Å². The predicted molar refractivity (Wildman–Crippen MR) is 136 cm³/mol. The van der Waals surface area contributed by atoms with Gasteiger partial charge in [0, 0.05) is 17.7 Å². The van der Waals surface area contributed by atoms with Crippen molar-refractivity contribution >= 4 is 23.4 Å². The number of para-hydroxylation sites is 1. The van der Waals surface area contributed by atoms with Crippen LogP contribution in [0, 0.1) is 22.7 Å². The van der Waals surface area contributed by atoms with E-state index in [9.17, 15) is 20.4 Å². The average Bonchev–Trinajstić information content (AvgIpc) is 3.36. The number of aromatic nitrogens is 3. The molecule has 2 heterocycles. The third-order valence-corrected chi connectivity index (χ3v) is 6.56. The van der Waals surface area contributed by atoms with Crippen molar-refractivity contribution in [2.75, 3.05) is 32.8 Å². The van der Waals surface area contributed by atoms with Crippen LogP contribution >= 0.6 is 11.8 Å². The Morgan fingerprint density at radius 1 is 1.08 bits per heavy atom. The lowest BCUT2D eigenvalue weighted by Crippen LogP contribution is -2.39. The highest BCUT2D eigenvalue weighted by Crippen LogP contribution is 2.44. The van der Waals surface area contributed by atoms with E-state index in [-0.39, 0.29) is 39.0 Å². The first-order chi connectivity index (χ1) is 18.9. The minimum absolute atomic E-state index is 0.00331. The Morgan fingerprint density at radius 2 is 1.72 bits per heavy atom. The number of thioether (sulfide) groups is 1. The molecule has 2 aromatic heterocycles. The van der Waals surface area contributed by atoms with Crippen LogP contribution in [0.25, 0.3) is 16.8 Å². The topological polar surface area (TPSA) is 184 Å². The number of hydrogen-bond donors (Lipinski definition) is 1. The van der Waals surface area contributed by atoms with Crippen molar-refractivity contribution in [2.45, 2.75) is 5.03 Å². The quantitative estimate of drug-likeness (QED) is 0.185. The first kappa shape index (κ1) is 26.8. The molecule has 0 fully saturated rings. The Hall–Kier alpha value is -5.27. The molecule has 0 unspecified atom stereocenters. The second-order valence-electron chi connectivity index (χ2n) is 7.73. The number of nitrogens with two attached hydrogens (primary N) is 1. The number of ether oxygens (including phenoxy) is 3. The van der Waals surface area contributed by atoms with E-state index in [0.717, 1.165) is 16.4 Å². The Balaban J connectivity index is 1.78. The molecule has 0 bridgehead atoms. The number of benzene rings is 2. The molecule has 0 saturated heterocycles. The Kier molecular flexibility index (Phi) is 7.84. The fourth-order valence-electron chi connectivity index (χ4n) is 3.84. The lowest BCUT2D eigenvalue weighted by molar-refractivity contribution is -0.672. The fourth-order valence-corrected chi connectivity index (χ4v) is 4.70. The van der Waals surface area contributed by atoms with Gasteiger partial charge in [0.1, 0.15) is 28.5 Å². The van der Waals surface area contributed by atoms with Gasteiger partial charge in [0.2, 0.25) is 17.2 Å². The van der Waals surface area contributed by atoms with Gasteiger partial charge in [-0.05, 0) is 22.4 Å². The Bertz CT molecular complexity index is 1620. The zero-order chi connectivity index (χ0) is 28.1. The first-order valence-corrected chi connectivity index (χ1v) is 12.1. The number of carbonyl (C=O) groups excluding carboxylic acids is 1. The molecular formula is C26H20N6O6S. The van der Waals surface area contributed by atoms with E-state index in [4.69, 9.17) is 24.5 Å². The molecule has 2 aromatic carbocycles. The van der Waals surface area contributed by atoms with E-state index in [2.05, 4.69) is 16.3 Å². The summed E-state index contributed by atoms with van der Waals surface area (Å²) in [5, 5.41) is 36.0. The van der Waals surface area contributed by atoms with E-state index >= 15 is 0 Å². The minimum Gasteiger partial charge on any atom is -0.539 e. The molecule has 0 aliphatic heterocycles. The monoisotopic (exact) mass is 544 g/mol. The number of carbonyl (C=O) groups is 1. The molecule has 4 aromatic rings. The smallest absolute Gasteiger partial charge is 0.307 e. The van der Waals surface area contributed by atoms with Crippen molar-refractivity contribution in [3.05, 3.63) is 59.3 Å². The maximum Gasteiger partial charge on any atom is 0.307 e. The van der Waals surface area contributed by atoms with Gasteiger partial charge in [-0.3, -0.25) is 4.79 Å². The second kappa shape index (κ2) is 11.4. The molecule has 4 rings (SSSR count). The Labute approximate surface area is 226 Å². The van der Waals surface area contributed by atoms with Crippen LogP contribution in [-0.2, 0) is 0 Å². The zero-order valence-electron chi connectivity index (χ0n) is 20.9. The summed E-state index contributed by atoms with van der Waals surface area (Å²) < 4.78 is 22.0. The second-order valence-corrected chi connectivity index (χ2v) is 8.70. The maximum atomic E-state index is 13.1. The number of hydrogen-bond acceptors (Lipinski definition) is 12. The molecule has 196 valence electrons. The van der Waals surface area contributed by atoms with Gasteiger partial charge < -0.3 is 29.6 Å². The van der Waals surface area contributed by atoms with E-state index in [1.807, 2.05) is 6.07 Å². The van der Waals surface area contributed by atoms with Crippen LogP contribution in [0.15, 0.2) is 52.0 Å². The van der Waals surface area contributed by atoms with Gasteiger partial charge in [-0.25, -0.2) is 4.98 Å². The summed E-state index contributed by atoms with van der Waals surface area (Å²) in [5.74, 6) is -1.07. The fraction of sp³-hybridized carbons (Fsp3) is 0.154. The summed E-state index contributed by atoms with van der Waals surface area (Å²) in [7, 11) is 4.31. The molecule has 0 saturated carbocycles. The standard InChI is InChI=1S/C26H20N6O6S/c1-35-19-9-14(10-20(36-2)23(19)37-3)21-16(11-27)24(29)30-25(17(21)12-28)39-13-18(33)22-26(34)38-31-32(22)15-7-5-4-6-8-15/h4-10H,13H2,1-3H3,(H2-,29,30,31,33,34). The van der Waals surface area contributed by atoms with Gasteiger partial charge in [0.05, 0.1) is 37.9 Å². The number of rotatable bonds is 9. The van der Waals surface area contributed by atoms with Gasteiger partial charge >= 0.3 is 5.69 Å². The number of Topliss-reactive ketones (excluding diaryl/α,β-unsaturated/α-hetero) is 1. The minimum atomic E-state index is -0.907. The number of nitrogens with zero attached hydrogens (tertiary/aromatic N) is 5. The van der Waals surface area contributed by atoms with Crippen LogP contribution in [0.1, 0.15) is 21.6 Å². The van der Waals surface area contributed by atoms with Crippen LogP contribution in [-0.4, -0.2) is 43.1 Å². The van der Waals surface area contributed by atoms with Crippen molar-refractivity contribution in [3.8, 4) is 52.1 Å². The summed E-state index contributed by atoms with van der Waals surface area (Å²) in [5.41, 5.74) is 6.78. The lowest BCUT2D eigenvalue weighted by atomic mass is 9.96. The van der Waals surface area contributed by atoms with Crippen LogP contribution < -0.4 is 29.7 Å². The highest BCUT2D eigenvalue weighted by molar-refractivity contribution is 8.00. The number of methoxy groups -OCH3 is 3. The first-order valence-electron chi connectivity index (χ1n) is 11.1. The lowest BCUT2D eigenvalue weighted by Gasteiger charge is -2.17. The zero-order valence-corrected chi connectivity index (χ0v) is 21.7. The van der Waals surface area contributed by atoms with Crippen molar-refractivity contribution in [3.63, 3.8) is 0 Å². The number of ketones is 1. The van der Waals surface area contributed by atoms with Crippen LogP contribution in [0.5, 0.6) is 23.2 Å². The maximum absolute atomic E-state index is 13.1. The van der Waals surface area contributed by atoms with Crippen molar-refractivity contribution in [2.24, 2.45) is 0 Å². The average molecular weight is 545 g/mol. The third-order valence-electron chi connectivity index (χ3n) is 5.58. The number of pyridine rings is 1. The van der Waals surface area contributed by atoms with E-state index in [0.29, 0.717) is 28.5 Å². The predicted octanol–water partition coefficient (Wildman–Crippen LogP) is 2.41. The molecule has 0 aliphatic rings. The van der Waals surface area contributed by atoms with Gasteiger partial charge in [-0.1, -0.05) is 30.0 Å². The molecule has 0 spiro atoms. The van der Waals surface area contributed by atoms with E-state index < -0.39 is 11.7 Å². The highest BCUT2D eigenvalue weighted by atomic mass is 32.2. The molecule has 0 atom stereocenters. The SMILES string of the molecule is COc1cc(-c2c(C#N)c(N)nc(SCC(=O)c3c([O-])on[n+]3-c3ccccc3)c2C#N)cc(OC)c1OC. The normalized spacial score (nSPS) is 10.4. The third kappa shape index (κ3) is 4.99. The van der Waals surface area contributed by atoms with Crippen LogP contribution in [0.3, 0.4) is 0 Å². The summed E-state index contributed by atoms with van der Waals surface area (Å²) >= 11 is 0.879. The van der Waals surface area contributed by atoms with Crippen LogP contribution in [0.4, 0.5) is 5.82 Å². The van der Waals surface area contributed by atoms with Gasteiger partial charge in [0.25, 0.3) is 0 Å².